The van der Waals surface area contributed by atoms with Crippen molar-refractivity contribution in [2.24, 2.45) is 11.8 Å². The lowest BCUT2D eigenvalue weighted by molar-refractivity contribution is 0.231. The highest BCUT2D eigenvalue weighted by atomic mass is 16.5. The number of nitrogens with one attached hydrogen (secondary N) is 1. The van der Waals surface area contributed by atoms with Crippen LogP contribution in [0.2, 0.25) is 0 Å². The predicted octanol–water partition coefficient (Wildman–Crippen LogP) is 1.70. The molecule has 0 saturated carbocycles. The molecule has 2 aliphatic rings. The molecule has 0 aliphatic carbocycles. The maximum atomic E-state index is 5.64. The zero-order valence-corrected chi connectivity index (χ0v) is 12.4. The van der Waals surface area contributed by atoms with Crippen molar-refractivity contribution in [2.75, 3.05) is 31.1 Å². The minimum atomic E-state index is 0.133. The van der Waals surface area contributed by atoms with Gasteiger partial charge in [0.15, 0.2) is 5.82 Å². The lowest BCUT2D eigenvalue weighted by atomic mass is 9.92. The summed E-state index contributed by atoms with van der Waals surface area (Å²) < 4.78 is 5.64. The van der Waals surface area contributed by atoms with Crippen molar-refractivity contribution in [3.05, 3.63) is 12.4 Å². The molecular weight excluding hydrogens is 252 g/mol. The third-order valence-electron chi connectivity index (χ3n) is 4.30. The Morgan fingerprint density at radius 3 is 2.55 bits per heavy atom. The van der Waals surface area contributed by atoms with E-state index < -0.39 is 0 Å². The number of nitrogens with zero attached hydrogens (tertiary/aromatic N) is 3. The summed E-state index contributed by atoms with van der Waals surface area (Å²) in [6.45, 7) is 8.52. The molecule has 2 atom stereocenters. The van der Waals surface area contributed by atoms with Gasteiger partial charge in [-0.2, -0.15) is 4.98 Å². The molecule has 5 nitrogen and oxygen atoms in total. The Kier molecular flexibility index (Phi) is 4.05. The van der Waals surface area contributed by atoms with Crippen molar-refractivity contribution >= 4 is 5.82 Å². The van der Waals surface area contributed by atoms with E-state index in [1.807, 2.05) is 20.0 Å². The number of ether oxygens (including phenoxy) is 1. The number of hydrogen-bond donors (Lipinski definition) is 1. The van der Waals surface area contributed by atoms with Gasteiger partial charge >= 0.3 is 0 Å². The third-order valence-corrected chi connectivity index (χ3v) is 4.30. The van der Waals surface area contributed by atoms with Crippen LogP contribution in [0.25, 0.3) is 0 Å². The van der Waals surface area contributed by atoms with Gasteiger partial charge in [-0.25, -0.2) is 0 Å². The van der Waals surface area contributed by atoms with E-state index >= 15 is 0 Å². The molecule has 0 radical (unpaired) electrons. The van der Waals surface area contributed by atoms with Crippen LogP contribution in [-0.4, -0.2) is 42.3 Å². The van der Waals surface area contributed by atoms with Gasteiger partial charge in [0.1, 0.15) is 0 Å². The lowest BCUT2D eigenvalue weighted by Gasteiger charge is -2.22. The molecule has 3 heterocycles. The molecule has 5 heteroatoms. The van der Waals surface area contributed by atoms with Crippen molar-refractivity contribution in [3.63, 3.8) is 0 Å². The van der Waals surface area contributed by atoms with E-state index in [9.17, 15) is 0 Å². The van der Waals surface area contributed by atoms with Gasteiger partial charge < -0.3 is 15.0 Å². The molecule has 1 N–H and O–H groups in total. The van der Waals surface area contributed by atoms with Crippen LogP contribution in [0, 0.1) is 11.8 Å². The molecule has 0 spiro atoms. The zero-order valence-electron chi connectivity index (χ0n) is 12.4. The van der Waals surface area contributed by atoms with Crippen molar-refractivity contribution in [1.29, 1.82) is 0 Å². The number of aromatic nitrogens is 2. The highest BCUT2D eigenvalue weighted by Gasteiger charge is 2.30. The van der Waals surface area contributed by atoms with Crippen molar-refractivity contribution < 1.29 is 4.74 Å². The summed E-state index contributed by atoms with van der Waals surface area (Å²) in [7, 11) is 0. The van der Waals surface area contributed by atoms with Crippen molar-refractivity contribution in [1.82, 2.24) is 15.3 Å². The second-order valence-electron chi connectivity index (χ2n) is 6.12. The van der Waals surface area contributed by atoms with Crippen LogP contribution < -0.4 is 15.0 Å². The summed E-state index contributed by atoms with van der Waals surface area (Å²) in [5, 5.41) is 3.51. The van der Waals surface area contributed by atoms with Gasteiger partial charge in [0, 0.05) is 13.1 Å². The summed E-state index contributed by atoms with van der Waals surface area (Å²) in [5.74, 6) is 3.26. The molecule has 1 aromatic heterocycles. The minimum Gasteiger partial charge on any atom is -0.474 e. The fraction of sp³-hybridized carbons (Fsp3) is 0.733. The van der Waals surface area contributed by atoms with Gasteiger partial charge in [0.25, 0.3) is 0 Å². The van der Waals surface area contributed by atoms with Gasteiger partial charge in [-0.1, -0.05) is 0 Å². The Morgan fingerprint density at radius 1 is 1.20 bits per heavy atom. The molecule has 2 saturated heterocycles. The van der Waals surface area contributed by atoms with Gasteiger partial charge in [-0.3, -0.25) is 4.98 Å². The topological polar surface area (TPSA) is 50.3 Å². The highest BCUT2D eigenvalue weighted by Crippen LogP contribution is 2.29. The smallest absolute Gasteiger partial charge is 0.234 e. The lowest BCUT2D eigenvalue weighted by Crippen LogP contribution is -2.27. The molecule has 2 aliphatic heterocycles. The monoisotopic (exact) mass is 276 g/mol. The predicted molar refractivity (Wildman–Crippen MR) is 79.1 cm³/mol. The Hall–Kier alpha value is -1.36. The largest absolute Gasteiger partial charge is 0.474 e. The van der Waals surface area contributed by atoms with Gasteiger partial charge in [-0.15, -0.1) is 0 Å². The van der Waals surface area contributed by atoms with Crippen molar-refractivity contribution in [3.8, 4) is 5.88 Å². The van der Waals surface area contributed by atoms with Crippen LogP contribution in [0.15, 0.2) is 12.4 Å². The molecule has 110 valence electrons. The van der Waals surface area contributed by atoms with Crippen LogP contribution >= 0.6 is 0 Å². The normalized spacial score (nSPS) is 26.4. The number of rotatable bonds is 3. The van der Waals surface area contributed by atoms with Crippen LogP contribution in [0.3, 0.4) is 0 Å². The molecule has 1 aromatic rings. The molecule has 0 unspecified atom stereocenters. The van der Waals surface area contributed by atoms with E-state index in [4.69, 9.17) is 4.74 Å². The van der Waals surface area contributed by atoms with Gasteiger partial charge in [0.2, 0.25) is 5.88 Å². The van der Waals surface area contributed by atoms with E-state index in [-0.39, 0.29) is 6.10 Å². The van der Waals surface area contributed by atoms with Gasteiger partial charge in [0.05, 0.1) is 18.5 Å². The van der Waals surface area contributed by atoms with Crippen LogP contribution in [-0.2, 0) is 0 Å². The molecule has 3 rings (SSSR count). The maximum absolute atomic E-state index is 5.64. The standard InChI is InChI=1S/C15H24N4O/c1-11(2)20-15-10-17-9-14(18-15)19-5-3-12-7-16-8-13(12)4-6-19/h9-13,16H,3-8H2,1-2H3/t12-,13+. The van der Waals surface area contributed by atoms with E-state index in [1.54, 1.807) is 6.20 Å². The third kappa shape index (κ3) is 3.03. The number of fused-ring (bicyclic) bond motifs is 1. The minimum absolute atomic E-state index is 0.133. The SMILES string of the molecule is CC(C)Oc1cncc(N2CC[C@@H]3CNC[C@@H]3CC2)n1. The summed E-state index contributed by atoms with van der Waals surface area (Å²) in [4.78, 5) is 11.2. The quantitative estimate of drug-likeness (QED) is 0.910. The molecular formula is C15H24N4O. The summed E-state index contributed by atoms with van der Waals surface area (Å²) in [5.41, 5.74) is 0. The summed E-state index contributed by atoms with van der Waals surface area (Å²) in [6.07, 6.45) is 6.17. The Labute approximate surface area is 120 Å². The zero-order chi connectivity index (χ0) is 13.9. The average Bonchev–Trinajstić information content (AvgIpc) is 2.77. The van der Waals surface area contributed by atoms with Crippen molar-refractivity contribution in [2.45, 2.75) is 32.8 Å². The first-order chi connectivity index (χ1) is 9.72. The number of anilines is 1. The second kappa shape index (κ2) is 5.95. The first kappa shape index (κ1) is 13.6. The fourth-order valence-electron chi connectivity index (χ4n) is 3.24. The molecule has 20 heavy (non-hydrogen) atoms. The molecule has 0 aromatic carbocycles. The average molecular weight is 276 g/mol. The Morgan fingerprint density at radius 2 is 1.90 bits per heavy atom. The molecule has 0 bridgehead atoms. The second-order valence-corrected chi connectivity index (χ2v) is 6.12. The Bertz CT molecular complexity index is 437. The van der Waals surface area contributed by atoms with E-state index in [2.05, 4.69) is 20.2 Å². The van der Waals surface area contributed by atoms with E-state index in [0.717, 1.165) is 30.7 Å². The molecule has 0 amide bonds. The maximum Gasteiger partial charge on any atom is 0.234 e. The van der Waals surface area contributed by atoms with E-state index in [1.165, 1.54) is 25.9 Å². The summed E-state index contributed by atoms with van der Waals surface area (Å²) >= 11 is 0. The van der Waals surface area contributed by atoms with Gasteiger partial charge in [-0.05, 0) is 51.6 Å². The highest BCUT2D eigenvalue weighted by molar-refractivity contribution is 5.37. The molecule has 2 fully saturated rings. The fourth-order valence-corrected chi connectivity index (χ4v) is 3.24. The first-order valence-electron chi connectivity index (χ1n) is 7.66. The van der Waals surface area contributed by atoms with E-state index in [0.29, 0.717) is 5.88 Å². The Balaban J connectivity index is 1.69. The van der Waals surface area contributed by atoms with Crippen LogP contribution in [0.4, 0.5) is 5.82 Å². The van der Waals surface area contributed by atoms with Crippen LogP contribution in [0.1, 0.15) is 26.7 Å². The first-order valence-corrected chi connectivity index (χ1v) is 7.66. The number of hydrogen-bond acceptors (Lipinski definition) is 5. The summed E-state index contributed by atoms with van der Waals surface area (Å²) in [6, 6.07) is 0. The van der Waals surface area contributed by atoms with Crippen LogP contribution in [0.5, 0.6) is 5.88 Å².